The number of nitrogens with one attached hydrogen (secondary N) is 1. The summed E-state index contributed by atoms with van der Waals surface area (Å²) in [5.41, 5.74) is 1.19. The van der Waals surface area contributed by atoms with E-state index in [0.717, 1.165) is 23.3 Å². The molecule has 0 saturated heterocycles. The van der Waals surface area contributed by atoms with E-state index in [4.69, 9.17) is 16.3 Å². The molecule has 19 heavy (non-hydrogen) atoms. The number of rotatable bonds is 5. The zero-order chi connectivity index (χ0) is 13.7. The summed E-state index contributed by atoms with van der Waals surface area (Å²) in [5, 5.41) is 3.88. The maximum atomic E-state index is 6.11. The minimum absolute atomic E-state index is 0.597. The van der Waals surface area contributed by atoms with E-state index in [2.05, 4.69) is 34.2 Å². The van der Waals surface area contributed by atoms with Crippen LogP contribution in [-0.4, -0.2) is 6.54 Å². The molecule has 0 fully saturated rings. The van der Waals surface area contributed by atoms with Crippen molar-refractivity contribution in [2.45, 2.75) is 13.5 Å². The third kappa shape index (κ3) is 4.23. The fraction of sp³-hybridized carbons (Fsp3) is 0.200. The fourth-order valence-electron chi connectivity index (χ4n) is 1.67. The van der Waals surface area contributed by atoms with Gasteiger partial charge in [0.2, 0.25) is 0 Å². The molecule has 4 heteroatoms. The van der Waals surface area contributed by atoms with E-state index in [-0.39, 0.29) is 0 Å². The van der Waals surface area contributed by atoms with Gasteiger partial charge in [-0.3, -0.25) is 0 Å². The van der Waals surface area contributed by atoms with Crippen LogP contribution >= 0.6 is 27.5 Å². The summed E-state index contributed by atoms with van der Waals surface area (Å²) >= 11 is 9.52. The quantitative estimate of drug-likeness (QED) is 0.826. The van der Waals surface area contributed by atoms with Crippen molar-refractivity contribution < 1.29 is 4.74 Å². The second-order valence-electron chi connectivity index (χ2n) is 4.10. The van der Waals surface area contributed by atoms with Gasteiger partial charge in [0, 0.05) is 11.0 Å². The molecule has 0 bridgehead atoms. The van der Waals surface area contributed by atoms with Crippen LogP contribution in [0.25, 0.3) is 0 Å². The van der Waals surface area contributed by atoms with Gasteiger partial charge in [0.25, 0.3) is 0 Å². The van der Waals surface area contributed by atoms with Crippen LogP contribution in [0, 0.1) is 0 Å². The summed E-state index contributed by atoms with van der Waals surface area (Å²) in [6.07, 6.45) is 0. The van der Waals surface area contributed by atoms with Crippen molar-refractivity contribution in [3.8, 4) is 11.5 Å². The van der Waals surface area contributed by atoms with Gasteiger partial charge in [0.1, 0.15) is 11.5 Å². The first kappa shape index (κ1) is 14.4. The molecule has 0 saturated carbocycles. The van der Waals surface area contributed by atoms with E-state index in [1.165, 1.54) is 5.56 Å². The lowest BCUT2D eigenvalue weighted by Crippen LogP contribution is -2.11. The summed E-state index contributed by atoms with van der Waals surface area (Å²) in [6.45, 7) is 3.87. The van der Waals surface area contributed by atoms with Crippen LogP contribution in [0.1, 0.15) is 12.5 Å². The van der Waals surface area contributed by atoms with E-state index in [1.807, 2.05) is 36.4 Å². The summed E-state index contributed by atoms with van der Waals surface area (Å²) < 4.78 is 6.76. The molecule has 0 aliphatic rings. The van der Waals surface area contributed by atoms with Crippen molar-refractivity contribution in [2.24, 2.45) is 0 Å². The van der Waals surface area contributed by atoms with Crippen LogP contribution in [0.4, 0.5) is 0 Å². The molecule has 0 atom stereocenters. The van der Waals surface area contributed by atoms with Crippen LogP contribution in [0.15, 0.2) is 46.9 Å². The van der Waals surface area contributed by atoms with Gasteiger partial charge in [0.05, 0.1) is 5.02 Å². The van der Waals surface area contributed by atoms with Gasteiger partial charge in [-0.05, 0) is 42.4 Å². The first-order valence-electron chi connectivity index (χ1n) is 6.11. The van der Waals surface area contributed by atoms with Crippen LogP contribution in [0.3, 0.4) is 0 Å². The largest absolute Gasteiger partial charge is 0.456 e. The van der Waals surface area contributed by atoms with Gasteiger partial charge in [-0.25, -0.2) is 0 Å². The molecule has 2 nitrogen and oxygen atoms in total. The Morgan fingerprint density at radius 2 is 2.05 bits per heavy atom. The summed E-state index contributed by atoms with van der Waals surface area (Å²) in [7, 11) is 0. The highest BCUT2D eigenvalue weighted by Crippen LogP contribution is 2.32. The van der Waals surface area contributed by atoms with E-state index in [9.17, 15) is 0 Å². The van der Waals surface area contributed by atoms with Gasteiger partial charge in [-0.15, -0.1) is 0 Å². The molecule has 1 N–H and O–H groups in total. The van der Waals surface area contributed by atoms with Crippen molar-refractivity contribution in [1.82, 2.24) is 5.32 Å². The molecule has 0 amide bonds. The molecular weight excluding hydrogens is 326 g/mol. The van der Waals surface area contributed by atoms with Crippen LogP contribution < -0.4 is 10.1 Å². The Bertz CT molecular complexity index is 560. The SMILES string of the molecule is CCNCc1cccc(Oc2cc(Br)ccc2Cl)c1. The van der Waals surface area contributed by atoms with Gasteiger partial charge in [0.15, 0.2) is 0 Å². The molecular formula is C15H15BrClNO. The second kappa shape index (κ2) is 6.94. The predicted octanol–water partition coefficient (Wildman–Crippen LogP) is 5.00. The summed E-state index contributed by atoms with van der Waals surface area (Å²) in [6, 6.07) is 13.5. The van der Waals surface area contributed by atoms with Crippen molar-refractivity contribution >= 4 is 27.5 Å². The summed E-state index contributed by atoms with van der Waals surface area (Å²) in [5.74, 6) is 1.44. The third-order valence-electron chi connectivity index (χ3n) is 2.60. The lowest BCUT2D eigenvalue weighted by molar-refractivity contribution is 0.481. The fourth-order valence-corrected chi connectivity index (χ4v) is 2.17. The standard InChI is InChI=1S/C15H15BrClNO/c1-2-18-10-11-4-3-5-13(8-11)19-15-9-12(16)6-7-14(15)17/h3-9,18H,2,10H2,1H3. The average Bonchev–Trinajstić information content (AvgIpc) is 2.41. The van der Waals surface area contributed by atoms with Crippen LogP contribution in [0.2, 0.25) is 5.02 Å². The first-order valence-corrected chi connectivity index (χ1v) is 7.28. The molecule has 0 spiro atoms. The molecule has 0 aliphatic carbocycles. The molecule has 0 radical (unpaired) electrons. The van der Waals surface area contributed by atoms with Crippen molar-refractivity contribution in [2.75, 3.05) is 6.54 Å². The highest BCUT2D eigenvalue weighted by atomic mass is 79.9. The molecule has 100 valence electrons. The topological polar surface area (TPSA) is 21.3 Å². The Morgan fingerprint density at radius 1 is 1.21 bits per heavy atom. The monoisotopic (exact) mass is 339 g/mol. The number of ether oxygens (including phenoxy) is 1. The Hall–Kier alpha value is -1.03. The van der Waals surface area contributed by atoms with E-state index in [0.29, 0.717) is 10.8 Å². The lowest BCUT2D eigenvalue weighted by Gasteiger charge is -2.09. The van der Waals surface area contributed by atoms with Crippen LogP contribution in [-0.2, 0) is 6.54 Å². The van der Waals surface area contributed by atoms with Crippen molar-refractivity contribution in [1.29, 1.82) is 0 Å². The molecule has 0 heterocycles. The van der Waals surface area contributed by atoms with Gasteiger partial charge < -0.3 is 10.1 Å². The number of hydrogen-bond donors (Lipinski definition) is 1. The maximum Gasteiger partial charge on any atom is 0.147 e. The molecule has 0 aromatic heterocycles. The molecule has 2 aromatic rings. The highest BCUT2D eigenvalue weighted by molar-refractivity contribution is 9.10. The molecule has 2 rings (SSSR count). The summed E-state index contributed by atoms with van der Waals surface area (Å²) in [4.78, 5) is 0. The van der Waals surface area contributed by atoms with E-state index < -0.39 is 0 Å². The predicted molar refractivity (Wildman–Crippen MR) is 83.0 cm³/mol. The van der Waals surface area contributed by atoms with Crippen molar-refractivity contribution in [3.05, 3.63) is 57.5 Å². The van der Waals surface area contributed by atoms with Gasteiger partial charge in [-0.2, -0.15) is 0 Å². The molecule has 2 aromatic carbocycles. The Balaban J connectivity index is 2.16. The smallest absolute Gasteiger partial charge is 0.147 e. The lowest BCUT2D eigenvalue weighted by atomic mass is 10.2. The zero-order valence-corrected chi connectivity index (χ0v) is 13.0. The minimum atomic E-state index is 0.597. The van der Waals surface area contributed by atoms with E-state index in [1.54, 1.807) is 0 Å². The number of hydrogen-bond acceptors (Lipinski definition) is 2. The molecule has 0 unspecified atom stereocenters. The Kier molecular flexibility index (Phi) is 5.25. The second-order valence-corrected chi connectivity index (χ2v) is 5.43. The zero-order valence-electron chi connectivity index (χ0n) is 10.6. The number of benzene rings is 2. The van der Waals surface area contributed by atoms with Crippen LogP contribution in [0.5, 0.6) is 11.5 Å². The maximum absolute atomic E-state index is 6.11. The first-order chi connectivity index (χ1) is 9.19. The Morgan fingerprint density at radius 3 is 2.84 bits per heavy atom. The van der Waals surface area contributed by atoms with Gasteiger partial charge >= 0.3 is 0 Å². The van der Waals surface area contributed by atoms with Crippen molar-refractivity contribution in [3.63, 3.8) is 0 Å². The highest BCUT2D eigenvalue weighted by Gasteiger charge is 2.04. The molecule has 0 aliphatic heterocycles. The minimum Gasteiger partial charge on any atom is -0.456 e. The average molecular weight is 341 g/mol. The number of halogens is 2. The Labute approximate surface area is 126 Å². The normalized spacial score (nSPS) is 10.5. The van der Waals surface area contributed by atoms with Gasteiger partial charge in [-0.1, -0.05) is 46.6 Å². The van der Waals surface area contributed by atoms with E-state index >= 15 is 0 Å². The third-order valence-corrected chi connectivity index (χ3v) is 3.40.